The largest absolute Gasteiger partial charge is 0.382 e. The summed E-state index contributed by atoms with van der Waals surface area (Å²) in [6, 6.07) is 3.89. The zero-order valence-electron chi connectivity index (χ0n) is 10.3. The lowest BCUT2D eigenvalue weighted by molar-refractivity contribution is 0.200. The van der Waals surface area contributed by atoms with Gasteiger partial charge in [-0.3, -0.25) is 10.4 Å². The van der Waals surface area contributed by atoms with Crippen LogP contribution in [0.1, 0.15) is 30.5 Å². The first kappa shape index (κ1) is 12.0. The van der Waals surface area contributed by atoms with Crippen LogP contribution >= 0.6 is 0 Å². The standard InChI is InChI=1S/C13H20N4/c1-17(8-10-3-2-4-10)9-11-5-6-16-12(7-11)13(14)15/h5-7,10H,2-4,8-9H2,1H3,(H3,14,15). The van der Waals surface area contributed by atoms with Crippen LogP contribution in [0.3, 0.4) is 0 Å². The Kier molecular flexibility index (Phi) is 3.74. The molecule has 1 saturated carbocycles. The highest BCUT2D eigenvalue weighted by Gasteiger charge is 2.18. The van der Waals surface area contributed by atoms with Gasteiger partial charge in [-0.2, -0.15) is 0 Å². The molecule has 1 aliphatic carbocycles. The first-order chi connectivity index (χ1) is 8.15. The third-order valence-corrected chi connectivity index (χ3v) is 3.35. The van der Waals surface area contributed by atoms with E-state index in [1.54, 1.807) is 6.20 Å². The van der Waals surface area contributed by atoms with E-state index in [0.29, 0.717) is 5.69 Å². The molecule has 1 heterocycles. The van der Waals surface area contributed by atoms with Crippen molar-refractivity contribution in [1.29, 1.82) is 5.41 Å². The second-order valence-electron chi connectivity index (χ2n) is 4.96. The van der Waals surface area contributed by atoms with Crippen LogP contribution < -0.4 is 5.73 Å². The zero-order chi connectivity index (χ0) is 12.3. The number of nitrogens with two attached hydrogens (primary N) is 1. The maximum absolute atomic E-state index is 7.37. The minimum atomic E-state index is 0.0356. The fourth-order valence-electron chi connectivity index (χ4n) is 2.21. The van der Waals surface area contributed by atoms with Crippen LogP contribution in [0.5, 0.6) is 0 Å². The Morgan fingerprint density at radius 3 is 2.94 bits per heavy atom. The lowest BCUT2D eigenvalue weighted by Crippen LogP contribution is -2.29. The summed E-state index contributed by atoms with van der Waals surface area (Å²) in [5, 5.41) is 7.37. The molecule has 0 amide bonds. The molecule has 17 heavy (non-hydrogen) atoms. The van der Waals surface area contributed by atoms with Crippen molar-refractivity contribution in [2.75, 3.05) is 13.6 Å². The van der Waals surface area contributed by atoms with E-state index >= 15 is 0 Å². The van der Waals surface area contributed by atoms with Crippen molar-refractivity contribution < 1.29 is 0 Å². The van der Waals surface area contributed by atoms with Gasteiger partial charge in [-0.1, -0.05) is 6.42 Å². The van der Waals surface area contributed by atoms with Crippen molar-refractivity contribution in [3.05, 3.63) is 29.6 Å². The van der Waals surface area contributed by atoms with Crippen LogP contribution in [0.25, 0.3) is 0 Å². The Balaban J connectivity index is 1.92. The van der Waals surface area contributed by atoms with Crippen molar-refractivity contribution in [2.24, 2.45) is 11.7 Å². The van der Waals surface area contributed by atoms with Crippen LogP contribution in [0.4, 0.5) is 0 Å². The van der Waals surface area contributed by atoms with E-state index in [9.17, 15) is 0 Å². The lowest BCUT2D eigenvalue weighted by Gasteiger charge is -2.30. The summed E-state index contributed by atoms with van der Waals surface area (Å²) in [6.45, 7) is 2.07. The highest BCUT2D eigenvalue weighted by atomic mass is 15.1. The summed E-state index contributed by atoms with van der Waals surface area (Å²) in [5.74, 6) is 0.919. The fraction of sp³-hybridized carbons (Fsp3) is 0.538. The van der Waals surface area contributed by atoms with E-state index in [1.807, 2.05) is 12.1 Å². The highest BCUT2D eigenvalue weighted by Crippen LogP contribution is 2.27. The maximum atomic E-state index is 7.37. The van der Waals surface area contributed by atoms with E-state index in [-0.39, 0.29) is 5.84 Å². The second kappa shape index (κ2) is 5.27. The van der Waals surface area contributed by atoms with Gasteiger partial charge in [-0.25, -0.2) is 0 Å². The molecule has 4 nitrogen and oxygen atoms in total. The molecule has 1 aliphatic rings. The molecule has 0 radical (unpaired) electrons. The van der Waals surface area contributed by atoms with Crippen molar-refractivity contribution in [3.63, 3.8) is 0 Å². The molecule has 0 atom stereocenters. The number of aromatic nitrogens is 1. The van der Waals surface area contributed by atoms with E-state index in [1.165, 1.54) is 24.8 Å². The Bertz CT molecular complexity index is 398. The van der Waals surface area contributed by atoms with E-state index in [2.05, 4.69) is 16.9 Å². The molecule has 92 valence electrons. The monoisotopic (exact) mass is 232 g/mol. The third kappa shape index (κ3) is 3.27. The van der Waals surface area contributed by atoms with Crippen molar-refractivity contribution in [3.8, 4) is 0 Å². The van der Waals surface area contributed by atoms with Crippen molar-refractivity contribution in [2.45, 2.75) is 25.8 Å². The second-order valence-corrected chi connectivity index (χ2v) is 4.96. The smallest absolute Gasteiger partial charge is 0.141 e. The molecule has 0 saturated heterocycles. The Hall–Kier alpha value is -1.42. The Morgan fingerprint density at radius 1 is 1.59 bits per heavy atom. The van der Waals surface area contributed by atoms with Crippen molar-refractivity contribution in [1.82, 2.24) is 9.88 Å². The fourth-order valence-corrected chi connectivity index (χ4v) is 2.21. The minimum absolute atomic E-state index is 0.0356. The summed E-state index contributed by atoms with van der Waals surface area (Å²) in [7, 11) is 2.15. The van der Waals surface area contributed by atoms with Gasteiger partial charge in [0.2, 0.25) is 0 Å². The molecule has 1 fully saturated rings. The van der Waals surface area contributed by atoms with Gasteiger partial charge >= 0.3 is 0 Å². The number of pyridine rings is 1. The average molecular weight is 232 g/mol. The van der Waals surface area contributed by atoms with Gasteiger partial charge in [0.1, 0.15) is 11.5 Å². The third-order valence-electron chi connectivity index (χ3n) is 3.35. The Labute approximate surface area is 102 Å². The summed E-state index contributed by atoms with van der Waals surface area (Å²) in [5.41, 5.74) is 7.17. The lowest BCUT2D eigenvalue weighted by atomic mass is 9.85. The van der Waals surface area contributed by atoms with Crippen LogP contribution in [-0.2, 0) is 6.54 Å². The van der Waals surface area contributed by atoms with Gasteiger partial charge in [-0.15, -0.1) is 0 Å². The minimum Gasteiger partial charge on any atom is -0.382 e. The van der Waals surface area contributed by atoms with Crippen LogP contribution in [0, 0.1) is 11.3 Å². The summed E-state index contributed by atoms with van der Waals surface area (Å²) < 4.78 is 0. The van der Waals surface area contributed by atoms with E-state index in [4.69, 9.17) is 11.1 Å². The van der Waals surface area contributed by atoms with Gasteiger partial charge < -0.3 is 10.6 Å². The molecular weight excluding hydrogens is 212 g/mol. The molecule has 0 aliphatic heterocycles. The topological polar surface area (TPSA) is 66.0 Å². The Morgan fingerprint density at radius 2 is 2.35 bits per heavy atom. The van der Waals surface area contributed by atoms with Gasteiger partial charge in [0.05, 0.1) is 0 Å². The summed E-state index contributed by atoms with van der Waals surface area (Å²) in [4.78, 5) is 6.40. The number of nitrogen functional groups attached to an aromatic ring is 1. The molecule has 3 N–H and O–H groups in total. The van der Waals surface area contributed by atoms with Gasteiger partial charge in [0.15, 0.2) is 0 Å². The molecule has 1 aromatic rings. The van der Waals surface area contributed by atoms with Crippen LogP contribution in [0.15, 0.2) is 18.3 Å². The van der Waals surface area contributed by atoms with Crippen LogP contribution in [0.2, 0.25) is 0 Å². The maximum Gasteiger partial charge on any atom is 0.141 e. The summed E-state index contributed by atoms with van der Waals surface area (Å²) in [6.07, 6.45) is 5.87. The first-order valence-corrected chi connectivity index (χ1v) is 6.13. The molecule has 0 spiro atoms. The molecule has 0 unspecified atom stereocenters. The number of nitrogens with one attached hydrogen (secondary N) is 1. The van der Waals surface area contributed by atoms with Crippen LogP contribution in [-0.4, -0.2) is 29.3 Å². The molecule has 4 heteroatoms. The predicted molar refractivity (Wildman–Crippen MR) is 68.9 cm³/mol. The number of amidine groups is 1. The molecule has 1 aromatic heterocycles. The SMILES string of the molecule is CN(Cc1ccnc(C(=N)N)c1)CC1CCC1. The average Bonchev–Trinajstić information content (AvgIpc) is 2.24. The van der Waals surface area contributed by atoms with Gasteiger partial charge in [-0.05, 0) is 43.5 Å². The van der Waals surface area contributed by atoms with Crippen molar-refractivity contribution >= 4 is 5.84 Å². The summed E-state index contributed by atoms with van der Waals surface area (Å²) >= 11 is 0. The molecule has 0 bridgehead atoms. The van der Waals surface area contributed by atoms with Gasteiger partial charge in [0.25, 0.3) is 0 Å². The number of hydrogen-bond acceptors (Lipinski definition) is 3. The molecule has 2 rings (SSSR count). The molecular formula is C13H20N4. The number of hydrogen-bond donors (Lipinski definition) is 2. The first-order valence-electron chi connectivity index (χ1n) is 6.13. The normalized spacial score (nSPS) is 15.9. The van der Waals surface area contributed by atoms with E-state index < -0.39 is 0 Å². The molecule has 0 aromatic carbocycles. The van der Waals surface area contributed by atoms with Gasteiger partial charge in [0, 0.05) is 19.3 Å². The quantitative estimate of drug-likeness (QED) is 0.598. The number of nitrogens with zero attached hydrogens (tertiary/aromatic N) is 2. The zero-order valence-corrected chi connectivity index (χ0v) is 10.3. The van der Waals surface area contributed by atoms with E-state index in [0.717, 1.165) is 19.0 Å². The predicted octanol–water partition coefficient (Wildman–Crippen LogP) is 1.60. The number of rotatable bonds is 5. The highest BCUT2D eigenvalue weighted by molar-refractivity contribution is 5.93.